The van der Waals surface area contributed by atoms with Gasteiger partial charge >= 0.3 is 6.61 Å². The second kappa shape index (κ2) is 12.3. The van der Waals surface area contributed by atoms with Gasteiger partial charge in [0.2, 0.25) is 5.91 Å². The molecule has 0 atom stereocenters. The molecule has 0 bridgehead atoms. The number of hydrogen-bond acceptors (Lipinski definition) is 7. The van der Waals surface area contributed by atoms with E-state index in [9.17, 15) is 18.4 Å². The third-order valence-corrected chi connectivity index (χ3v) is 4.04. The van der Waals surface area contributed by atoms with Crippen molar-refractivity contribution < 1.29 is 42.1 Å². The van der Waals surface area contributed by atoms with Crippen LogP contribution in [0.25, 0.3) is 0 Å². The lowest BCUT2D eigenvalue weighted by molar-refractivity contribution is -0.115. The number of methoxy groups -OCH3 is 3. The standard InChI is InChI=1S/C21H24F2N2O7/c1-28-8-9-31-18-11-14(5-7-15(18)29-2)25-19(26)12-24-20(27)13-4-6-16(32-21(22)23)17(10-13)30-3/h4-7,10-11,21H,8-9,12H2,1-3H3,(H,24,27)(H,25,26). The number of benzene rings is 2. The van der Waals surface area contributed by atoms with Crippen molar-refractivity contribution >= 4 is 17.5 Å². The predicted octanol–water partition coefficient (Wildman–Crippen LogP) is 2.70. The fourth-order valence-electron chi connectivity index (χ4n) is 2.57. The number of nitrogens with one attached hydrogen (secondary N) is 2. The van der Waals surface area contributed by atoms with Crippen molar-refractivity contribution in [2.75, 3.05) is 46.4 Å². The molecule has 0 aliphatic heterocycles. The van der Waals surface area contributed by atoms with Crippen LogP contribution >= 0.6 is 0 Å². The van der Waals surface area contributed by atoms with Gasteiger partial charge in [0.05, 0.1) is 27.4 Å². The minimum Gasteiger partial charge on any atom is -0.493 e. The van der Waals surface area contributed by atoms with Gasteiger partial charge in [-0.2, -0.15) is 8.78 Å². The zero-order chi connectivity index (χ0) is 23.5. The molecule has 32 heavy (non-hydrogen) atoms. The number of carbonyl (C=O) groups is 2. The molecule has 2 rings (SSSR count). The number of halogens is 2. The summed E-state index contributed by atoms with van der Waals surface area (Å²) in [7, 11) is 4.30. The number of anilines is 1. The molecule has 0 fully saturated rings. The molecule has 2 amide bonds. The Balaban J connectivity index is 1.96. The summed E-state index contributed by atoms with van der Waals surface area (Å²) >= 11 is 0. The van der Waals surface area contributed by atoms with Crippen molar-refractivity contribution in [1.29, 1.82) is 0 Å². The van der Waals surface area contributed by atoms with Crippen LogP contribution < -0.4 is 29.6 Å². The number of alkyl halides is 2. The second-order valence-electron chi connectivity index (χ2n) is 6.18. The number of rotatable bonds is 12. The van der Waals surface area contributed by atoms with Crippen LogP contribution in [-0.2, 0) is 9.53 Å². The highest BCUT2D eigenvalue weighted by atomic mass is 19.3. The highest BCUT2D eigenvalue weighted by Gasteiger charge is 2.15. The molecule has 0 spiro atoms. The summed E-state index contributed by atoms with van der Waals surface area (Å²) in [6, 6.07) is 8.53. The van der Waals surface area contributed by atoms with Gasteiger partial charge in [0.25, 0.3) is 5.91 Å². The summed E-state index contributed by atoms with van der Waals surface area (Å²) in [5.41, 5.74) is 0.544. The van der Waals surface area contributed by atoms with Crippen molar-refractivity contribution in [1.82, 2.24) is 5.32 Å². The zero-order valence-electron chi connectivity index (χ0n) is 17.8. The summed E-state index contributed by atoms with van der Waals surface area (Å²) < 4.78 is 49.8. The summed E-state index contributed by atoms with van der Waals surface area (Å²) in [5.74, 6) is -0.428. The smallest absolute Gasteiger partial charge is 0.387 e. The van der Waals surface area contributed by atoms with E-state index in [1.54, 1.807) is 25.3 Å². The van der Waals surface area contributed by atoms with Crippen molar-refractivity contribution in [3.63, 3.8) is 0 Å². The van der Waals surface area contributed by atoms with E-state index in [4.69, 9.17) is 18.9 Å². The maximum Gasteiger partial charge on any atom is 0.387 e. The van der Waals surface area contributed by atoms with Crippen molar-refractivity contribution in [2.45, 2.75) is 6.61 Å². The monoisotopic (exact) mass is 454 g/mol. The second-order valence-corrected chi connectivity index (χ2v) is 6.18. The maximum absolute atomic E-state index is 12.4. The predicted molar refractivity (Wildman–Crippen MR) is 111 cm³/mol. The topological polar surface area (TPSA) is 104 Å². The summed E-state index contributed by atoms with van der Waals surface area (Å²) in [6.07, 6.45) is 0. The Morgan fingerprint density at radius 2 is 1.62 bits per heavy atom. The molecule has 2 N–H and O–H groups in total. The minimum atomic E-state index is -3.03. The third-order valence-electron chi connectivity index (χ3n) is 4.04. The first-order valence-electron chi connectivity index (χ1n) is 9.38. The van der Waals surface area contributed by atoms with Gasteiger partial charge in [-0.3, -0.25) is 9.59 Å². The molecule has 0 heterocycles. The van der Waals surface area contributed by atoms with Crippen LogP contribution in [-0.4, -0.2) is 59.5 Å². The number of carbonyl (C=O) groups excluding carboxylic acids is 2. The van der Waals surface area contributed by atoms with E-state index < -0.39 is 18.4 Å². The molecule has 0 aliphatic rings. The van der Waals surface area contributed by atoms with Crippen molar-refractivity contribution in [2.24, 2.45) is 0 Å². The van der Waals surface area contributed by atoms with Gasteiger partial charge in [-0.05, 0) is 30.3 Å². The summed E-state index contributed by atoms with van der Waals surface area (Å²) in [6.45, 7) is -2.69. The third kappa shape index (κ3) is 7.27. The van der Waals surface area contributed by atoms with Gasteiger partial charge in [-0.1, -0.05) is 0 Å². The lowest BCUT2D eigenvalue weighted by atomic mass is 10.2. The van der Waals surface area contributed by atoms with Crippen LogP contribution in [0.2, 0.25) is 0 Å². The van der Waals surface area contributed by atoms with E-state index >= 15 is 0 Å². The Bertz CT molecular complexity index is 925. The summed E-state index contributed by atoms with van der Waals surface area (Å²) in [5, 5.41) is 5.08. The molecular formula is C21H24F2N2O7. The fraction of sp³-hybridized carbons (Fsp3) is 0.333. The van der Waals surface area contributed by atoms with Crippen molar-refractivity contribution in [3.8, 4) is 23.0 Å². The molecule has 0 radical (unpaired) electrons. The first-order valence-corrected chi connectivity index (χ1v) is 9.38. The zero-order valence-corrected chi connectivity index (χ0v) is 17.8. The first kappa shape index (κ1) is 24.7. The molecule has 2 aromatic carbocycles. The number of ether oxygens (including phenoxy) is 5. The fourth-order valence-corrected chi connectivity index (χ4v) is 2.57. The molecular weight excluding hydrogens is 430 g/mol. The minimum absolute atomic E-state index is 0.0402. The highest BCUT2D eigenvalue weighted by molar-refractivity contribution is 5.99. The van der Waals surface area contributed by atoms with E-state index in [0.717, 1.165) is 0 Å². The summed E-state index contributed by atoms with van der Waals surface area (Å²) in [4.78, 5) is 24.5. The van der Waals surface area contributed by atoms with Gasteiger partial charge in [0, 0.05) is 24.4 Å². The first-order chi connectivity index (χ1) is 15.4. The Labute approximate surface area is 183 Å². The number of hydrogen-bond donors (Lipinski definition) is 2. The molecule has 11 heteroatoms. The van der Waals surface area contributed by atoms with Gasteiger partial charge in [0.1, 0.15) is 6.61 Å². The molecule has 174 valence electrons. The lowest BCUT2D eigenvalue weighted by Gasteiger charge is -2.13. The van der Waals surface area contributed by atoms with Crippen LogP contribution in [0.3, 0.4) is 0 Å². The number of amides is 2. The maximum atomic E-state index is 12.4. The van der Waals surface area contributed by atoms with E-state index in [1.165, 1.54) is 32.4 Å². The molecule has 0 saturated carbocycles. The van der Waals surface area contributed by atoms with Gasteiger partial charge in [-0.25, -0.2) is 0 Å². The van der Waals surface area contributed by atoms with E-state index in [2.05, 4.69) is 15.4 Å². The average molecular weight is 454 g/mol. The van der Waals surface area contributed by atoms with E-state index in [0.29, 0.717) is 30.4 Å². The van der Waals surface area contributed by atoms with Crippen LogP contribution in [0.1, 0.15) is 10.4 Å². The highest BCUT2D eigenvalue weighted by Crippen LogP contribution is 2.31. The molecule has 9 nitrogen and oxygen atoms in total. The Morgan fingerprint density at radius 3 is 2.28 bits per heavy atom. The molecule has 0 unspecified atom stereocenters. The largest absolute Gasteiger partial charge is 0.493 e. The molecule has 0 aliphatic carbocycles. The van der Waals surface area contributed by atoms with Crippen LogP contribution in [0, 0.1) is 0 Å². The SMILES string of the molecule is COCCOc1cc(NC(=O)CNC(=O)c2ccc(OC(F)F)c(OC)c2)ccc1OC. The van der Waals surface area contributed by atoms with Crippen molar-refractivity contribution in [3.05, 3.63) is 42.0 Å². The van der Waals surface area contributed by atoms with E-state index in [-0.39, 0.29) is 23.6 Å². The Hall–Kier alpha value is -3.60. The molecule has 0 saturated heterocycles. The Morgan fingerprint density at radius 1 is 0.906 bits per heavy atom. The quantitative estimate of drug-likeness (QED) is 0.475. The van der Waals surface area contributed by atoms with Crippen LogP contribution in [0.4, 0.5) is 14.5 Å². The van der Waals surface area contributed by atoms with E-state index in [1.807, 2.05) is 0 Å². The van der Waals surface area contributed by atoms with Gasteiger partial charge < -0.3 is 34.3 Å². The average Bonchev–Trinajstić information content (AvgIpc) is 2.77. The lowest BCUT2D eigenvalue weighted by Crippen LogP contribution is -2.32. The van der Waals surface area contributed by atoms with Gasteiger partial charge in [-0.15, -0.1) is 0 Å². The van der Waals surface area contributed by atoms with Crippen LogP contribution in [0.5, 0.6) is 23.0 Å². The molecule has 2 aromatic rings. The Kier molecular flexibility index (Phi) is 9.48. The normalized spacial score (nSPS) is 10.4. The van der Waals surface area contributed by atoms with Gasteiger partial charge in [0.15, 0.2) is 23.0 Å². The molecule has 0 aromatic heterocycles. The van der Waals surface area contributed by atoms with Crippen LogP contribution in [0.15, 0.2) is 36.4 Å².